The van der Waals surface area contributed by atoms with Gasteiger partial charge in [0.25, 0.3) is 5.91 Å². The van der Waals surface area contributed by atoms with Crippen molar-refractivity contribution in [2.24, 2.45) is 0 Å². The van der Waals surface area contributed by atoms with Crippen LogP contribution in [-0.4, -0.2) is 27.6 Å². The predicted octanol–water partition coefficient (Wildman–Crippen LogP) is 1.85. The average molecular weight is 261 g/mol. The summed E-state index contributed by atoms with van der Waals surface area (Å²) >= 11 is 0. The molecule has 0 radical (unpaired) electrons. The Morgan fingerprint density at radius 3 is 2.79 bits per heavy atom. The molecule has 2 rings (SSSR count). The molecule has 0 spiro atoms. The summed E-state index contributed by atoms with van der Waals surface area (Å²) in [5, 5.41) is 9.31. The maximum Gasteiger partial charge on any atom is 0.278 e. The van der Waals surface area contributed by atoms with E-state index in [1.165, 1.54) is 12.4 Å². The van der Waals surface area contributed by atoms with Crippen LogP contribution in [0.25, 0.3) is 0 Å². The minimum Gasteiger partial charge on any atom is -0.369 e. The number of amides is 1. The molecule has 1 amide bonds. The Kier molecular flexibility index (Phi) is 4.07. The van der Waals surface area contributed by atoms with Crippen LogP contribution in [-0.2, 0) is 0 Å². The molecule has 0 aromatic carbocycles. The van der Waals surface area contributed by atoms with E-state index in [0.29, 0.717) is 11.5 Å². The second-order valence-corrected chi connectivity index (χ2v) is 4.00. The lowest BCUT2D eigenvalue weighted by molar-refractivity contribution is 0.101. The molecule has 2 aromatic rings. The highest BCUT2D eigenvalue weighted by molar-refractivity contribution is 6.01. The molecule has 7 nitrogen and oxygen atoms in total. The fourth-order valence-electron chi connectivity index (χ4n) is 1.39. The Balaban J connectivity index is 1.99. The largest absolute Gasteiger partial charge is 0.369 e. The third-order valence-electron chi connectivity index (χ3n) is 2.31. The van der Waals surface area contributed by atoms with E-state index < -0.39 is 0 Å². The molecule has 2 N–H and O–H groups in total. The maximum atomic E-state index is 11.8. The fraction of sp³-hybridized carbons (Fsp3) is 0.333. The summed E-state index contributed by atoms with van der Waals surface area (Å²) in [6.07, 6.45) is 3.93. The number of aromatic nitrogens is 3. The molecule has 0 aliphatic heterocycles. The first-order valence-electron chi connectivity index (χ1n) is 5.99. The molecule has 2 aromatic heterocycles. The van der Waals surface area contributed by atoms with Crippen molar-refractivity contribution in [3.05, 3.63) is 29.8 Å². The minimum absolute atomic E-state index is 0.219. The molecule has 0 aliphatic carbocycles. The standard InChI is InChI=1S/C12H15N5O2/c1-3-4-13-10-7-14-9(6-15-10)12(18)16-11-5-8(2)17-19-11/h5-7H,3-4H2,1-2H3,(H,13,15)(H,16,18). The van der Waals surface area contributed by atoms with Gasteiger partial charge in [-0.2, -0.15) is 0 Å². The Bertz CT molecular complexity index is 550. The van der Waals surface area contributed by atoms with Gasteiger partial charge in [0.15, 0.2) is 0 Å². The summed E-state index contributed by atoms with van der Waals surface area (Å²) in [5.41, 5.74) is 0.914. The van der Waals surface area contributed by atoms with Gasteiger partial charge in [-0.15, -0.1) is 0 Å². The van der Waals surface area contributed by atoms with Gasteiger partial charge in [0.2, 0.25) is 5.88 Å². The van der Waals surface area contributed by atoms with Crippen molar-refractivity contribution in [1.29, 1.82) is 0 Å². The first kappa shape index (κ1) is 13.0. The molecule has 0 atom stereocenters. The van der Waals surface area contributed by atoms with Crippen LogP contribution in [0.2, 0.25) is 0 Å². The van der Waals surface area contributed by atoms with Crippen LogP contribution in [0.4, 0.5) is 11.7 Å². The van der Waals surface area contributed by atoms with Gasteiger partial charge in [0.1, 0.15) is 11.5 Å². The third kappa shape index (κ3) is 3.51. The Hall–Kier alpha value is -2.44. The van der Waals surface area contributed by atoms with Gasteiger partial charge >= 0.3 is 0 Å². The van der Waals surface area contributed by atoms with Crippen molar-refractivity contribution in [1.82, 2.24) is 15.1 Å². The van der Waals surface area contributed by atoms with Gasteiger partial charge in [0, 0.05) is 12.6 Å². The molecule has 0 unspecified atom stereocenters. The van der Waals surface area contributed by atoms with Crippen molar-refractivity contribution < 1.29 is 9.32 Å². The topological polar surface area (TPSA) is 92.9 Å². The van der Waals surface area contributed by atoms with Crippen molar-refractivity contribution in [3.8, 4) is 0 Å². The molecular formula is C12H15N5O2. The summed E-state index contributed by atoms with van der Waals surface area (Å²) in [4.78, 5) is 20.0. The van der Waals surface area contributed by atoms with Crippen LogP contribution in [0.1, 0.15) is 29.5 Å². The lowest BCUT2D eigenvalue weighted by atomic mass is 10.4. The molecule has 0 fully saturated rings. The van der Waals surface area contributed by atoms with E-state index in [1.807, 2.05) is 0 Å². The fourth-order valence-corrected chi connectivity index (χ4v) is 1.39. The summed E-state index contributed by atoms with van der Waals surface area (Å²) in [6.45, 7) is 4.65. The number of carbonyl (C=O) groups excluding carboxylic acids is 1. The van der Waals surface area contributed by atoms with Crippen molar-refractivity contribution in [3.63, 3.8) is 0 Å². The minimum atomic E-state index is -0.384. The van der Waals surface area contributed by atoms with E-state index in [1.54, 1.807) is 13.0 Å². The monoisotopic (exact) mass is 261 g/mol. The Labute approximate surface area is 110 Å². The first-order chi connectivity index (χ1) is 9.19. The van der Waals surface area contributed by atoms with E-state index >= 15 is 0 Å². The van der Waals surface area contributed by atoms with Crippen LogP contribution in [0.3, 0.4) is 0 Å². The molecule has 100 valence electrons. The maximum absolute atomic E-state index is 11.8. The smallest absolute Gasteiger partial charge is 0.278 e. The number of hydrogen-bond donors (Lipinski definition) is 2. The Morgan fingerprint density at radius 2 is 2.21 bits per heavy atom. The molecule has 0 bridgehead atoms. The number of aryl methyl sites for hydroxylation is 1. The van der Waals surface area contributed by atoms with E-state index in [4.69, 9.17) is 4.52 Å². The van der Waals surface area contributed by atoms with Gasteiger partial charge in [0.05, 0.1) is 18.1 Å². The zero-order chi connectivity index (χ0) is 13.7. The van der Waals surface area contributed by atoms with Gasteiger partial charge < -0.3 is 9.84 Å². The van der Waals surface area contributed by atoms with Crippen LogP contribution in [0.15, 0.2) is 23.0 Å². The number of nitrogens with one attached hydrogen (secondary N) is 2. The highest BCUT2D eigenvalue weighted by Gasteiger charge is 2.11. The van der Waals surface area contributed by atoms with Crippen molar-refractivity contribution >= 4 is 17.6 Å². The normalized spacial score (nSPS) is 10.2. The summed E-state index contributed by atoms with van der Waals surface area (Å²) < 4.78 is 4.89. The Morgan fingerprint density at radius 1 is 1.37 bits per heavy atom. The summed E-state index contributed by atoms with van der Waals surface area (Å²) in [6, 6.07) is 1.63. The second kappa shape index (κ2) is 5.94. The van der Waals surface area contributed by atoms with Crippen LogP contribution in [0.5, 0.6) is 0 Å². The van der Waals surface area contributed by atoms with Gasteiger partial charge in [-0.05, 0) is 13.3 Å². The quantitative estimate of drug-likeness (QED) is 0.853. The van der Waals surface area contributed by atoms with Gasteiger partial charge in [-0.3, -0.25) is 10.1 Å². The molecule has 19 heavy (non-hydrogen) atoms. The number of anilines is 2. The third-order valence-corrected chi connectivity index (χ3v) is 2.31. The van der Waals surface area contributed by atoms with E-state index in [9.17, 15) is 4.79 Å². The number of rotatable bonds is 5. The predicted molar refractivity (Wildman–Crippen MR) is 70.0 cm³/mol. The van der Waals surface area contributed by atoms with E-state index in [-0.39, 0.29) is 17.5 Å². The van der Waals surface area contributed by atoms with Crippen LogP contribution >= 0.6 is 0 Å². The van der Waals surface area contributed by atoms with Crippen molar-refractivity contribution in [2.75, 3.05) is 17.2 Å². The highest BCUT2D eigenvalue weighted by atomic mass is 16.5. The lowest BCUT2D eigenvalue weighted by Crippen LogP contribution is -2.14. The van der Waals surface area contributed by atoms with Crippen LogP contribution < -0.4 is 10.6 Å². The zero-order valence-corrected chi connectivity index (χ0v) is 10.8. The van der Waals surface area contributed by atoms with E-state index in [0.717, 1.165) is 13.0 Å². The highest BCUT2D eigenvalue weighted by Crippen LogP contribution is 2.10. The average Bonchev–Trinajstić information content (AvgIpc) is 2.82. The van der Waals surface area contributed by atoms with Gasteiger partial charge in [-0.1, -0.05) is 12.1 Å². The SMILES string of the molecule is CCCNc1cnc(C(=O)Nc2cc(C)no2)cn1. The molecule has 0 saturated heterocycles. The number of hydrogen-bond acceptors (Lipinski definition) is 6. The zero-order valence-electron chi connectivity index (χ0n) is 10.8. The molecule has 2 heterocycles. The molecule has 0 saturated carbocycles. The summed E-state index contributed by atoms with van der Waals surface area (Å²) in [5.74, 6) is 0.553. The first-order valence-corrected chi connectivity index (χ1v) is 5.99. The molecule has 0 aliphatic rings. The second-order valence-electron chi connectivity index (χ2n) is 4.00. The van der Waals surface area contributed by atoms with Gasteiger partial charge in [-0.25, -0.2) is 9.97 Å². The number of carbonyl (C=O) groups is 1. The van der Waals surface area contributed by atoms with Crippen LogP contribution in [0, 0.1) is 6.92 Å². The molecule has 7 heteroatoms. The lowest BCUT2D eigenvalue weighted by Gasteiger charge is -2.04. The van der Waals surface area contributed by atoms with E-state index in [2.05, 4.69) is 32.7 Å². The summed E-state index contributed by atoms with van der Waals surface area (Å²) in [7, 11) is 0. The number of nitrogens with zero attached hydrogens (tertiary/aromatic N) is 3. The molecular weight excluding hydrogens is 246 g/mol. The van der Waals surface area contributed by atoms with Crippen molar-refractivity contribution in [2.45, 2.75) is 20.3 Å².